The van der Waals surface area contributed by atoms with Crippen molar-refractivity contribution in [1.29, 1.82) is 0 Å². The number of carbonyl (C=O) groups excluding carboxylic acids is 1. The molecule has 3 N–H and O–H groups in total. The summed E-state index contributed by atoms with van der Waals surface area (Å²) >= 11 is 0. The Bertz CT molecular complexity index is 1610. The van der Waals surface area contributed by atoms with E-state index in [4.69, 9.17) is 0 Å². The lowest BCUT2D eigenvalue weighted by Gasteiger charge is -2.15. The number of aromatic nitrogens is 4. The number of nitrogens with zero attached hydrogens (tertiary/aromatic N) is 3. The van der Waals surface area contributed by atoms with E-state index in [-0.39, 0.29) is 23.3 Å². The van der Waals surface area contributed by atoms with Crippen LogP contribution in [-0.4, -0.2) is 30.8 Å². The Labute approximate surface area is 201 Å². The molecule has 7 nitrogen and oxygen atoms in total. The number of aromatic amines is 1. The zero-order valence-electron chi connectivity index (χ0n) is 18.6. The zero-order chi connectivity index (χ0) is 25.6. The molecule has 3 heterocycles. The maximum absolute atomic E-state index is 14.9. The number of fused-ring (bicyclic) bond motifs is 1. The number of amides is 1. The minimum Gasteiger partial charge on any atom is -0.494 e. The number of H-pyrrole nitrogens is 1. The third-order valence-corrected chi connectivity index (χ3v) is 5.59. The summed E-state index contributed by atoms with van der Waals surface area (Å²) < 4.78 is 57.2. The molecule has 0 radical (unpaired) electrons. The number of anilines is 1. The van der Waals surface area contributed by atoms with Crippen molar-refractivity contribution in [3.05, 3.63) is 83.9 Å². The Kier molecular flexibility index (Phi) is 5.47. The van der Waals surface area contributed by atoms with Crippen LogP contribution in [0.4, 0.5) is 23.2 Å². The van der Waals surface area contributed by atoms with Gasteiger partial charge in [-0.2, -0.15) is 18.3 Å². The van der Waals surface area contributed by atoms with E-state index in [0.29, 0.717) is 22.2 Å². The van der Waals surface area contributed by atoms with Crippen LogP contribution in [0.1, 0.15) is 15.9 Å². The second-order valence-corrected chi connectivity index (χ2v) is 8.02. The van der Waals surface area contributed by atoms with Crippen molar-refractivity contribution in [3.63, 3.8) is 0 Å². The van der Waals surface area contributed by atoms with Crippen LogP contribution in [0.15, 0.2) is 67.0 Å². The lowest BCUT2D eigenvalue weighted by Crippen LogP contribution is -2.17. The van der Waals surface area contributed by atoms with Gasteiger partial charge in [-0.25, -0.2) is 9.37 Å². The third-order valence-electron chi connectivity index (χ3n) is 5.59. The molecule has 0 aliphatic rings. The van der Waals surface area contributed by atoms with Gasteiger partial charge in [0.1, 0.15) is 5.82 Å². The Balaban J connectivity index is 1.62. The van der Waals surface area contributed by atoms with Crippen LogP contribution in [0.5, 0.6) is 5.88 Å². The van der Waals surface area contributed by atoms with Gasteiger partial charge in [-0.3, -0.25) is 9.48 Å². The summed E-state index contributed by atoms with van der Waals surface area (Å²) in [5, 5.41) is 16.9. The molecule has 0 aliphatic heterocycles. The molecule has 0 atom stereocenters. The van der Waals surface area contributed by atoms with Crippen molar-refractivity contribution in [2.75, 3.05) is 5.32 Å². The number of aryl methyl sites for hydroxylation is 1. The Morgan fingerprint density at radius 2 is 1.86 bits per heavy atom. The van der Waals surface area contributed by atoms with E-state index >= 15 is 0 Å². The molecule has 0 aliphatic carbocycles. The molecule has 2 aromatic carbocycles. The maximum Gasteiger partial charge on any atom is 0.417 e. The Morgan fingerprint density at radius 3 is 2.53 bits per heavy atom. The van der Waals surface area contributed by atoms with Gasteiger partial charge in [0.05, 0.1) is 39.1 Å². The number of pyridine rings is 1. The van der Waals surface area contributed by atoms with E-state index in [1.54, 1.807) is 30.3 Å². The van der Waals surface area contributed by atoms with Crippen LogP contribution in [0.3, 0.4) is 0 Å². The standard InChI is InChI=1S/C25H17F4N5O2/c1-34-8-7-19(33-34)14-9-15(18(26)11-17(14)25(27,28)29)24(36)32-20-10-16-21(12-30-23(16)35)31-22(20)13-5-3-2-4-6-13/h2-12,30,35H,1H3,(H,32,36). The summed E-state index contributed by atoms with van der Waals surface area (Å²) in [6, 6.07) is 12.7. The van der Waals surface area contributed by atoms with Crippen molar-refractivity contribution >= 4 is 22.5 Å². The molecule has 0 fully saturated rings. The van der Waals surface area contributed by atoms with E-state index in [1.807, 2.05) is 0 Å². The maximum atomic E-state index is 14.9. The first kappa shape index (κ1) is 23.1. The van der Waals surface area contributed by atoms with Crippen LogP contribution >= 0.6 is 0 Å². The van der Waals surface area contributed by atoms with Gasteiger partial charge in [0.2, 0.25) is 0 Å². The molecule has 0 bridgehead atoms. The number of nitrogens with one attached hydrogen (secondary N) is 2. The van der Waals surface area contributed by atoms with Crippen molar-refractivity contribution in [3.8, 4) is 28.4 Å². The van der Waals surface area contributed by atoms with Crippen molar-refractivity contribution in [2.45, 2.75) is 6.18 Å². The number of aromatic hydroxyl groups is 1. The number of benzene rings is 2. The molecular formula is C25H17F4N5O2. The van der Waals surface area contributed by atoms with E-state index in [9.17, 15) is 27.5 Å². The molecule has 3 aromatic heterocycles. The first-order chi connectivity index (χ1) is 17.1. The fourth-order valence-electron chi connectivity index (χ4n) is 3.90. The number of halogens is 4. The lowest BCUT2D eigenvalue weighted by molar-refractivity contribution is -0.137. The molecular weight excluding hydrogens is 478 g/mol. The molecule has 0 saturated carbocycles. The highest BCUT2D eigenvalue weighted by atomic mass is 19.4. The van der Waals surface area contributed by atoms with Gasteiger partial charge in [0, 0.05) is 30.6 Å². The highest BCUT2D eigenvalue weighted by Crippen LogP contribution is 2.39. The van der Waals surface area contributed by atoms with Gasteiger partial charge in [0.15, 0.2) is 5.88 Å². The van der Waals surface area contributed by atoms with E-state index in [1.165, 1.54) is 36.3 Å². The number of rotatable bonds is 4. The average molecular weight is 495 g/mol. The van der Waals surface area contributed by atoms with Gasteiger partial charge < -0.3 is 15.4 Å². The van der Waals surface area contributed by atoms with Crippen LogP contribution in [0, 0.1) is 5.82 Å². The van der Waals surface area contributed by atoms with E-state index in [2.05, 4.69) is 20.4 Å². The summed E-state index contributed by atoms with van der Waals surface area (Å²) in [6.07, 6.45) is -1.95. The van der Waals surface area contributed by atoms with Crippen LogP contribution in [-0.2, 0) is 13.2 Å². The summed E-state index contributed by atoms with van der Waals surface area (Å²) in [6.45, 7) is 0. The van der Waals surface area contributed by atoms with Crippen molar-refractivity contribution < 1.29 is 27.5 Å². The highest BCUT2D eigenvalue weighted by molar-refractivity contribution is 6.08. The van der Waals surface area contributed by atoms with E-state index in [0.717, 1.165) is 6.07 Å². The first-order valence-corrected chi connectivity index (χ1v) is 10.6. The molecule has 0 unspecified atom stereocenters. The first-order valence-electron chi connectivity index (χ1n) is 10.6. The fourth-order valence-corrected chi connectivity index (χ4v) is 3.90. The molecule has 0 spiro atoms. The molecule has 5 rings (SSSR count). The highest BCUT2D eigenvalue weighted by Gasteiger charge is 2.36. The summed E-state index contributed by atoms with van der Waals surface area (Å²) in [5.74, 6) is -2.53. The summed E-state index contributed by atoms with van der Waals surface area (Å²) in [4.78, 5) is 20.3. The van der Waals surface area contributed by atoms with Gasteiger partial charge in [-0.05, 0) is 24.3 Å². The topological polar surface area (TPSA) is 95.8 Å². The monoisotopic (exact) mass is 495 g/mol. The minimum atomic E-state index is -4.87. The largest absolute Gasteiger partial charge is 0.494 e. The normalized spacial score (nSPS) is 11.7. The fraction of sp³-hybridized carbons (Fsp3) is 0.0800. The molecule has 36 heavy (non-hydrogen) atoms. The second-order valence-electron chi connectivity index (χ2n) is 8.02. The summed E-state index contributed by atoms with van der Waals surface area (Å²) in [5.41, 5.74) is -0.861. The van der Waals surface area contributed by atoms with Gasteiger partial charge in [-0.1, -0.05) is 30.3 Å². The SMILES string of the molecule is Cn1ccc(-c2cc(C(=O)Nc3cc4c(O)[nH]cc4nc3-c3ccccc3)c(F)cc2C(F)(F)F)n1. The minimum absolute atomic E-state index is 0.0656. The molecule has 11 heteroatoms. The molecule has 182 valence electrons. The Hall–Kier alpha value is -4.67. The van der Waals surface area contributed by atoms with Crippen LogP contribution < -0.4 is 5.32 Å². The van der Waals surface area contributed by atoms with Crippen LogP contribution in [0.2, 0.25) is 0 Å². The van der Waals surface area contributed by atoms with Crippen molar-refractivity contribution in [2.24, 2.45) is 7.05 Å². The van der Waals surface area contributed by atoms with E-state index < -0.39 is 34.6 Å². The zero-order valence-corrected chi connectivity index (χ0v) is 18.6. The number of alkyl halides is 3. The van der Waals surface area contributed by atoms with Gasteiger partial charge >= 0.3 is 6.18 Å². The quantitative estimate of drug-likeness (QED) is 0.277. The predicted octanol–water partition coefficient (Wildman–Crippen LogP) is 5.75. The van der Waals surface area contributed by atoms with Gasteiger partial charge in [-0.15, -0.1) is 0 Å². The Morgan fingerprint density at radius 1 is 1.11 bits per heavy atom. The van der Waals surface area contributed by atoms with Gasteiger partial charge in [0.25, 0.3) is 5.91 Å². The summed E-state index contributed by atoms with van der Waals surface area (Å²) in [7, 11) is 1.53. The molecule has 0 saturated heterocycles. The predicted molar refractivity (Wildman–Crippen MR) is 125 cm³/mol. The smallest absolute Gasteiger partial charge is 0.417 e. The average Bonchev–Trinajstić information content (AvgIpc) is 3.43. The third kappa shape index (κ3) is 4.15. The lowest BCUT2D eigenvalue weighted by atomic mass is 9.99. The van der Waals surface area contributed by atoms with Crippen molar-refractivity contribution in [1.82, 2.24) is 19.7 Å². The molecule has 5 aromatic rings. The number of hydrogen-bond donors (Lipinski definition) is 3. The molecule has 1 amide bonds. The second kappa shape index (κ2) is 8.52. The number of carbonyl (C=O) groups is 1. The number of hydrogen-bond acceptors (Lipinski definition) is 4. The van der Waals surface area contributed by atoms with Crippen LogP contribution in [0.25, 0.3) is 33.4 Å².